The van der Waals surface area contributed by atoms with Crippen LogP contribution in [0.15, 0.2) is 36.0 Å². The smallest absolute Gasteiger partial charge is 0.306 e. The van der Waals surface area contributed by atoms with Crippen molar-refractivity contribution in [3.63, 3.8) is 0 Å². The number of aliphatic carboxylic acids is 1. The van der Waals surface area contributed by atoms with E-state index in [2.05, 4.69) is 20.1 Å². The van der Waals surface area contributed by atoms with Gasteiger partial charge in [0.2, 0.25) is 0 Å². The van der Waals surface area contributed by atoms with Gasteiger partial charge in [-0.15, -0.1) is 0 Å². The quantitative estimate of drug-likeness (QED) is 0.674. The van der Waals surface area contributed by atoms with E-state index in [4.69, 9.17) is 0 Å². The molecule has 3 fully saturated rings. The molecule has 4 aliphatic rings. The summed E-state index contributed by atoms with van der Waals surface area (Å²) >= 11 is 0. The predicted molar refractivity (Wildman–Crippen MR) is 112 cm³/mol. The van der Waals surface area contributed by atoms with E-state index in [1.807, 2.05) is 6.08 Å². The number of allylic oxidation sites excluding steroid dienone is 2. The fourth-order valence-electron chi connectivity index (χ4n) is 7.42. The van der Waals surface area contributed by atoms with Gasteiger partial charge in [-0.1, -0.05) is 38.2 Å². The Labute approximate surface area is 173 Å². The van der Waals surface area contributed by atoms with Crippen molar-refractivity contribution in [1.29, 1.82) is 0 Å². The van der Waals surface area contributed by atoms with Crippen LogP contribution in [-0.4, -0.2) is 27.6 Å². The van der Waals surface area contributed by atoms with Crippen molar-refractivity contribution in [3.05, 3.63) is 36.0 Å². The number of carbonyl (C=O) groups excluding carboxylic acids is 1. The fourth-order valence-corrected chi connectivity index (χ4v) is 7.42. The highest BCUT2D eigenvalue weighted by molar-refractivity contribution is 5.91. The van der Waals surface area contributed by atoms with Crippen LogP contribution < -0.4 is 0 Å². The molecule has 0 aromatic carbocycles. The predicted octanol–water partition coefficient (Wildman–Crippen LogP) is 4.69. The van der Waals surface area contributed by atoms with Gasteiger partial charge in [-0.3, -0.25) is 9.59 Å². The Morgan fingerprint density at radius 3 is 2.72 bits per heavy atom. The van der Waals surface area contributed by atoms with Gasteiger partial charge in [-0.2, -0.15) is 0 Å². The van der Waals surface area contributed by atoms with Crippen LogP contribution in [0.4, 0.5) is 0 Å². The number of rotatable bonds is 4. The van der Waals surface area contributed by atoms with Crippen molar-refractivity contribution in [2.45, 2.75) is 70.8 Å². The van der Waals surface area contributed by atoms with Gasteiger partial charge < -0.3 is 10.2 Å². The average Bonchev–Trinajstić information content (AvgIpc) is 2.93. The van der Waals surface area contributed by atoms with Crippen molar-refractivity contribution >= 4 is 11.8 Å². The molecule has 4 aliphatic carbocycles. The van der Waals surface area contributed by atoms with E-state index in [-0.39, 0.29) is 11.2 Å². The van der Waals surface area contributed by atoms with Crippen LogP contribution in [0.25, 0.3) is 0 Å². The molecule has 7 atom stereocenters. The highest BCUT2D eigenvalue weighted by Crippen LogP contribution is 2.67. The van der Waals surface area contributed by atoms with Gasteiger partial charge in [0.25, 0.3) is 0 Å². The molecule has 0 unspecified atom stereocenters. The van der Waals surface area contributed by atoms with Crippen LogP contribution in [0, 0.1) is 35.0 Å². The topological polar surface area (TPSA) is 74.6 Å². The first kappa shape index (κ1) is 20.6. The second kappa shape index (κ2) is 6.94. The van der Waals surface area contributed by atoms with Gasteiger partial charge in [-0.05, 0) is 80.3 Å². The van der Waals surface area contributed by atoms with Crippen molar-refractivity contribution < 1.29 is 19.8 Å². The summed E-state index contributed by atoms with van der Waals surface area (Å²) in [5.74, 6) is 0.591. The number of aliphatic hydroxyl groups is 1. The van der Waals surface area contributed by atoms with Crippen LogP contribution in [-0.2, 0) is 9.59 Å². The molecule has 0 heterocycles. The first-order valence-electron chi connectivity index (χ1n) is 11.1. The molecular weight excluding hydrogens is 364 g/mol. The first-order chi connectivity index (χ1) is 13.6. The maximum atomic E-state index is 11.9. The summed E-state index contributed by atoms with van der Waals surface area (Å²) in [6, 6.07) is 0. The van der Waals surface area contributed by atoms with Crippen molar-refractivity contribution in [2.75, 3.05) is 0 Å². The van der Waals surface area contributed by atoms with E-state index in [9.17, 15) is 19.8 Å². The standard InChI is InChI=1S/C25H34O4/c1-14(23(27)28)11-16(3)25(29)10-9-21-20-7-5-17-12-18(26)6-8-19(17)22(20)15(2)13-24(21,25)4/h12,14,19-22,29H,2-3,5-11,13H2,1,4H3,(H,27,28)/t14-,19+,20+,21+,22-,24+,25-/m1/s1. The number of fused-ring (bicyclic) bond motifs is 5. The lowest BCUT2D eigenvalue weighted by Crippen LogP contribution is -2.54. The number of hydrogen-bond donors (Lipinski definition) is 2. The molecule has 0 aliphatic heterocycles. The summed E-state index contributed by atoms with van der Waals surface area (Å²) in [6.45, 7) is 12.5. The summed E-state index contributed by atoms with van der Waals surface area (Å²) < 4.78 is 0. The lowest BCUT2D eigenvalue weighted by Gasteiger charge is -2.57. The van der Waals surface area contributed by atoms with Crippen LogP contribution in [0.3, 0.4) is 0 Å². The Morgan fingerprint density at radius 1 is 1.31 bits per heavy atom. The SMILES string of the molecule is C=C1C[C@@]2(C)[C@@H](CC[C@@]2(O)C(=C)C[C@@H](C)C(=O)O)[C@@H]2CCC3=CC(=O)CC[C@@H]3[C@@H]12. The lowest BCUT2D eigenvalue weighted by molar-refractivity contribution is -0.141. The molecule has 0 amide bonds. The third-order valence-corrected chi connectivity index (χ3v) is 8.91. The molecule has 4 rings (SSSR count). The maximum Gasteiger partial charge on any atom is 0.306 e. The summed E-state index contributed by atoms with van der Waals surface area (Å²) in [5, 5.41) is 21.1. The minimum absolute atomic E-state index is 0.264. The molecule has 0 aromatic rings. The molecular formula is C25H34O4. The number of carboxylic acids is 1. The van der Waals surface area contributed by atoms with Crippen molar-refractivity contribution in [3.8, 4) is 0 Å². The third kappa shape index (κ3) is 2.98. The van der Waals surface area contributed by atoms with Gasteiger partial charge in [0, 0.05) is 11.8 Å². The maximum absolute atomic E-state index is 11.9. The second-order valence-corrected chi connectivity index (χ2v) is 10.4. The Balaban J connectivity index is 1.63. The molecule has 0 radical (unpaired) electrons. The molecule has 0 saturated heterocycles. The minimum Gasteiger partial charge on any atom is -0.481 e. The largest absolute Gasteiger partial charge is 0.481 e. The van der Waals surface area contributed by atoms with E-state index in [0.717, 1.165) is 32.1 Å². The Bertz CT molecular complexity index is 808. The number of carboxylic acid groups (broad SMARTS) is 1. The molecule has 4 heteroatoms. The minimum atomic E-state index is -1.03. The van der Waals surface area contributed by atoms with Gasteiger partial charge in [0.05, 0.1) is 11.5 Å². The van der Waals surface area contributed by atoms with E-state index in [0.29, 0.717) is 48.5 Å². The Kier molecular flexibility index (Phi) is 4.92. The molecule has 0 spiro atoms. The molecule has 2 N–H and O–H groups in total. The fraction of sp³-hybridized carbons (Fsp3) is 0.680. The molecule has 0 bridgehead atoms. The second-order valence-electron chi connectivity index (χ2n) is 10.4. The van der Waals surface area contributed by atoms with E-state index in [1.54, 1.807) is 6.92 Å². The highest BCUT2D eigenvalue weighted by atomic mass is 16.4. The van der Waals surface area contributed by atoms with E-state index >= 15 is 0 Å². The van der Waals surface area contributed by atoms with Gasteiger partial charge in [0.15, 0.2) is 5.78 Å². The lowest BCUT2D eigenvalue weighted by atomic mass is 9.48. The van der Waals surface area contributed by atoms with Crippen molar-refractivity contribution in [2.24, 2.45) is 35.0 Å². The molecule has 3 saturated carbocycles. The van der Waals surface area contributed by atoms with Gasteiger partial charge >= 0.3 is 5.97 Å². The van der Waals surface area contributed by atoms with Crippen LogP contribution in [0.1, 0.15) is 65.2 Å². The summed E-state index contributed by atoms with van der Waals surface area (Å²) in [4.78, 5) is 23.3. The molecule has 4 nitrogen and oxygen atoms in total. The van der Waals surface area contributed by atoms with Gasteiger partial charge in [0.1, 0.15) is 0 Å². The van der Waals surface area contributed by atoms with Crippen molar-refractivity contribution in [1.82, 2.24) is 0 Å². The average molecular weight is 399 g/mol. The zero-order valence-electron chi connectivity index (χ0n) is 17.7. The first-order valence-corrected chi connectivity index (χ1v) is 11.1. The summed E-state index contributed by atoms with van der Waals surface area (Å²) in [7, 11) is 0. The highest BCUT2D eigenvalue weighted by Gasteiger charge is 2.64. The molecule has 0 aromatic heterocycles. The number of carbonyl (C=O) groups is 2. The van der Waals surface area contributed by atoms with Crippen LogP contribution in [0.5, 0.6) is 0 Å². The van der Waals surface area contributed by atoms with E-state index < -0.39 is 17.5 Å². The molecule has 29 heavy (non-hydrogen) atoms. The monoisotopic (exact) mass is 398 g/mol. The Morgan fingerprint density at radius 2 is 2.03 bits per heavy atom. The Hall–Kier alpha value is -1.68. The summed E-state index contributed by atoms with van der Waals surface area (Å²) in [6.07, 6.45) is 8.17. The molecule has 158 valence electrons. The van der Waals surface area contributed by atoms with Crippen LogP contribution in [0.2, 0.25) is 0 Å². The number of ketones is 1. The van der Waals surface area contributed by atoms with E-state index in [1.165, 1.54) is 11.1 Å². The normalized spacial score (nSPS) is 42.4. The van der Waals surface area contributed by atoms with Gasteiger partial charge in [-0.25, -0.2) is 0 Å². The summed E-state index contributed by atoms with van der Waals surface area (Å²) in [5.41, 5.74) is 1.82. The third-order valence-electron chi connectivity index (χ3n) is 8.91. The zero-order chi connectivity index (χ0) is 21.1. The number of hydrogen-bond acceptors (Lipinski definition) is 3. The zero-order valence-corrected chi connectivity index (χ0v) is 17.7. The van der Waals surface area contributed by atoms with Crippen LogP contribution >= 0.6 is 0 Å².